The fourth-order valence-electron chi connectivity index (χ4n) is 4.62. The van der Waals surface area contributed by atoms with Gasteiger partial charge >= 0.3 is 0 Å². The summed E-state index contributed by atoms with van der Waals surface area (Å²) in [5.41, 5.74) is 1.09. The van der Waals surface area contributed by atoms with Crippen LogP contribution in [0.25, 0.3) is 0 Å². The van der Waals surface area contributed by atoms with Crippen molar-refractivity contribution in [1.29, 1.82) is 0 Å². The minimum absolute atomic E-state index is 0.114. The van der Waals surface area contributed by atoms with Gasteiger partial charge in [-0.25, -0.2) is 4.98 Å². The molecule has 1 N–H and O–H groups in total. The Balaban J connectivity index is 1.28. The van der Waals surface area contributed by atoms with Crippen LogP contribution >= 0.6 is 0 Å². The first-order valence-electron chi connectivity index (χ1n) is 11.0. The minimum atomic E-state index is -0.663. The number of anilines is 1. The summed E-state index contributed by atoms with van der Waals surface area (Å²) in [5, 5.41) is 2.95. The molecule has 0 unspecified atom stereocenters. The van der Waals surface area contributed by atoms with Crippen LogP contribution < -0.4 is 5.32 Å². The van der Waals surface area contributed by atoms with Crippen molar-refractivity contribution in [3.63, 3.8) is 0 Å². The van der Waals surface area contributed by atoms with Crippen LogP contribution in [0.15, 0.2) is 73.1 Å². The number of nitrogens with one attached hydrogen (secondary N) is 1. The molecule has 7 heteroatoms. The topological polar surface area (TPSA) is 76.5 Å². The Morgan fingerprint density at radius 3 is 2.44 bits per heavy atom. The number of para-hydroxylation sites is 1. The summed E-state index contributed by atoms with van der Waals surface area (Å²) in [7, 11) is 0. The highest BCUT2D eigenvalue weighted by Gasteiger charge is 2.47. The zero-order valence-corrected chi connectivity index (χ0v) is 17.8. The van der Waals surface area contributed by atoms with Crippen LogP contribution in [0.5, 0.6) is 0 Å². The van der Waals surface area contributed by atoms with E-state index in [1.807, 2.05) is 76.3 Å². The molecule has 2 aromatic carbocycles. The summed E-state index contributed by atoms with van der Waals surface area (Å²) in [6, 6.07) is 19.2. The van der Waals surface area contributed by atoms with E-state index < -0.39 is 11.7 Å². The van der Waals surface area contributed by atoms with E-state index in [0.29, 0.717) is 38.9 Å². The number of ether oxygens (including phenoxy) is 1. The highest BCUT2D eigenvalue weighted by molar-refractivity contribution is 5.94. The van der Waals surface area contributed by atoms with Crippen molar-refractivity contribution in [3.05, 3.63) is 84.4 Å². The van der Waals surface area contributed by atoms with Gasteiger partial charge in [0.1, 0.15) is 11.4 Å². The smallest absolute Gasteiger partial charge is 0.255 e. The third-order valence-electron chi connectivity index (χ3n) is 6.31. The normalized spacial score (nSPS) is 19.4. The molecule has 164 valence electrons. The molecular weight excluding hydrogens is 404 g/mol. The van der Waals surface area contributed by atoms with Crippen molar-refractivity contribution in [2.24, 2.45) is 0 Å². The lowest BCUT2D eigenvalue weighted by molar-refractivity contribution is -0.172. The average molecular weight is 431 g/mol. The molecule has 3 heterocycles. The highest BCUT2D eigenvalue weighted by Crippen LogP contribution is 2.40. The molecule has 0 aliphatic carbocycles. The van der Waals surface area contributed by atoms with Gasteiger partial charge in [0.15, 0.2) is 6.10 Å². The maximum absolute atomic E-state index is 13.0. The van der Waals surface area contributed by atoms with Crippen molar-refractivity contribution in [1.82, 2.24) is 14.5 Å². The van der Waals surface area contributed by atoms with Gasteiger partial charge < -0.3 is 19.5 Å². The number of carbonyl (C=O) groups excluding carboxylic acids is 2. The van der Waals surface area contributed by atoms with Crippen LogP contribution in [0.2, 0.25) is 0 Å². The summed E-state index contributed by atoms with van der Waals surface area (Å²) in [4.78, 5) is 32.2. The van der Waals surface area contributed by atoms with E-state index in [2.05, 4.69) is 10.3 Å². The van der Waals surface area contributed by atoms with Crippen LogP contribution in [0.3, 0.4) is 0 Å². The average Bonchev–Trinajstić information content (AvgIpc) is 3.31. The number of piperidine rings is 1. The lowest BCUT2D eigenvalue weighted by Gasteiger charge is -2.45. The molecule has 1 spiro atoms. The second kappa shape index (κ2) is 8.59. The number of imidazole rings is 1. The molecule has 1 atom stereocenters. The number of aromatic nitrogens is 2. The Morgan fingerprint density at radius 1 is 1.03 bits per heavy atom. The largest absolute Gasteiger partial charge is 0.352 e. The number of fused-ring (bicyclic) bond motifs is 2. The first-order valence-corrected chi connectivity index (χ1v) is 11.0. The Kier molecular flexibility index (Phi) is 5.49. The van der Waals surface area contributed by atoms with E-state index in [4.69, 9.17) is 4.74 Å². The molecule has 7 nitrogen and oxygen atoms in total. The van der Waals surface area contributed by atoms with E-state index in [-0.39, 0.29) is 11.8 Å². The van der Waals surface area contributed by atoms with Crippen LogP contribution in [0, 0.1) is 0 Å². The molecule has 1 aromatic heterocycles. The third kappa shape index (κ3) is 4.03. The number of benzene rings is 2. The molecule has 1 fully saturated rings. The number of likely N-dealkylation sites (tertiary alicyclic amines) is 1. The number of hydrogen-bond acceptors (Lipinski definition) is 4. The Morgan fingerprint density at radius 2 is 1.72 bits per heavy atom. The standard InChI is InChI=1S/C25H26N4O3/c30-22(17-19-7-3-1-4-8-19)28-14-11-25(12-15-28)24-26-13-16-29(24)18-21(32-25)23(31)27-20-9-5-2-6-10-20/h1-10,13,16,21H,11-12,14-15,17-18H2,(H,27,31)/t21-/m0/s1. The molecule has 0 bridgehead atoms. The molecule has 2 aliphatic heterocycles. The third-order valence-corrected chi connectivity index (χ3v) is 6.31. The van der Waals surface area contributed by atoms with Crippen molar-refractivity contribution in [2.75, 3.05) is 18.4 Å². The second-order valence-corrected chi connectivity index (χ2v) is 8.40. The molecule has 0 saturated carbocycles. The molecule has 5 rings (SSSR count). The van der Waals surface area contributed by atoms with Crippen LogP contribution in [0.4, 0.5) is 5.69 Å². The van der Waals surface area contributed by atoms with E-state index in [1.165, 1.54) is 0 Å². The Hall–Kier alpha value is -3.45. The first kappa shape index (κ1) is 20.5. The van der Waals surface area contributed by atoms with Crippen LogP contribution in [-0.4, -0.2) is 45.5 Å². The summed E-state index contributed by atoms with van der Waals surface area (Å²) in [6.07, 6.45) is 4.65. The van der Waals surface area contributed by atoms with E-state index in [0.717, 1.165) is 17.1 Å². The van der Waals surface area contributed by atoms with E-state index >= 15 is 0 Å². The lowest BCUT2D eigenvalue weighted by Crippen LogP contribution is -2.54. The molecular formula is C25H26N4O3. The van der Waals surface area contributed by atoms with Gasteiger partial charge in [-0.2, -0.15) is 0 Å². The van der Waals surface area contributed by atoms with Gasteiger partial charge in [0.2, 0.25) is 5.91 Å². The Labute approximate surface area is 187 Å². The molecule has 2 aliphatic rings. The zero-order valence-electron chi connectivity index (χ0n) is 17.8. The summed E-state index contributed by atoms with van der Waals surface area (Å²) in [6.45, 7) is 1.57. The monoisotopic (exact) mass is 430 g/mol. The fourth-order valence-corrected chi connectivity index (χ4v) is 4.62. The molecule has 3 aromatic rings. The van der Waals surface area contributed by atoms with Crippen molar-refractivity contribution >= 4 is 17.5 Å². The number of carbonyl (C=O) groups is 2. The predicted octanol–water partition coefficient (Wildman–Crippen LogP) is 2.98. The summed E-state index contributed by atoms with van der Waals surface area (Å²) >= 11 is 0. The highest BCUT2D eigenvalue weighted by atomic mass is 16.5. The van der Waals surface area contributed by atoms with Gasteiger partial charge in [-0.3, -0.25) is 9.59 Å². The zero-order chi connectivity index (χ0) is 22.0. The van der Waals surface area contributed by atoms with Gasteiger partial charge in [0, 0.05) is 44.0 Å². The molecule has 2 amide bonds. The molecule has 0 radical (unpaired) electrons. The maximum atomic E-state index is 13.0. The van der Waals surface area contributed by atoms with Gasteiger partial charge in [-0.15, -0.1) is 0 Å². The number of amides is 2. The number of nitrogens with zero attached hydrogens (tertiary/aromatic N) is 3. The van der Waals surface area contributed by atoms with Crippen molar-refractivity contribution in [2.45, 2.75) is 37.5 Å². The number of hydrogen-bond donors (Lipinski definition) is 1. The van der Waals surface area contributed by atoms with Crippen LogP contribution in [-0.2, 0) is 32.9 Å². The van der Waals surface area contributed by atoms with Crippen LogP contribution in [0.1, 0.15) is 24.2 Å². The summed E-state index contributed by atoms with van der Waals surface area (Å²) in [5.74, 6) is 0.789. The maximum Gasteiger partial charge on any atom is 0.255 e. The first-order chi connectivity index (χ1) is 15.6. The quantitative estimate of drug-likeness (QED) is 0.691. The Bertz CT molecular complexity index is 1090. The van der Waals surface area contributed by atoms with Crippen molar-refractivity contribution in [3.8, 4) is 0 Å². The van der Waals surface area contributed by atoms with Gasteiger partial charge in [-0.1, -0.05) is 48.5 Å². The SMILES string of the molecule is O=C(Nc1ccccc1)[C@@H]1Cn2ccnc2C2(CCN(C(=O)Cc3ccccc3)CC2)O1. The number of rotatable bonds is 4. The van der Waals surface area contributed by atoms with Gasteiger partial charge in [0.25, 0.3) is 5.91 Å². The van der Waals surface area contributed by atoms with E-state index in [9.17, 15) is 9.59 Å². The van der Waals surface area contributed by atoms with Gasteiger partial charge in [0.05, 0.1) is 13.0 Å². The fraction of sp³-hybridized carbons (Fsp3) is 0.320. The summed E-state index contributed by atoms with van der Waals surface area (Å²) < 4.78 is 8.46. The lowest BCUT2D eigenvalue weighted by atomic mass is 9.88. The minimum Gasteiger partial charge on any atom is -0.352 e. The molecule has 1 saturated heterocycles. The van der Waals surface area contributed by atoms with Crippen molar-refractivity contribution < 1.29 is 14.3 Å². The predicted molar refractivity (Wildman–Crippen MR) is 120 cm³/mol. The van der Waals surface area contributed by atoms with Gasteiger partial charge in [-0.05, 0) is 17.7 Å². The second-order valence-electron chi connectivity index (χ2n) is 8.40. The molecule has 32 heavy (non-hydrogen) atoms. The van der Waals surface area contributed by atoms with E-state index in [1.54, 1.807) is 6.20 Å².